The fourth-order valence-corrected chi connectivity index (χ4v) is 2.23. The summed E-state index contributed by atoms with van der Waals surface area (Å²) in [6.45, 7) is 3.64. The molecule has 0 spiro atoms. The van der Waals surface area contributed by atoms with Gasteiger partial charge in [-0.1, -0.05) is 5.21 Å². The molecule has 0 aromatic carbocycles. The van der Waals surface area contributed by atoms with E-state index in [4.69, 9.17) is 9.84 Å². The van der Waals surface area contributed by atoms with E-state index in [1.54, 1.807) is 4.90 Å². The van der Waals surface area contributed by atoms with E-state index in [1.807, 2.05) is 6.92 Å². The molecule has 0 bridgehead atoms. The molecule has 1 fully saturated rings. The minimum absolute atomic E-state index is 0.0325. The molecule has 2 heterocycles. The van der Waals surface area contributed by atoms with E-state index in [2.05, 4.69) is 10.3 Å². The molecular weight excluding hydrogens is 264 g/mol. The number of carboxylic acid groups (broad SMARTS) is 1. The number of nitrogens with zero attached hydrogens (tertiary/aromatic N) is 4. The Kier molecular flexibility index (Phi) is 4.67. The molecule has 1 amide bonds. The third kappa shape index (κ3) is 3.32. The summed E-state index contributed by atoms with van der Waals surface area (Å²) in [6, 6.07) is -0.0325. The topological polar surface area (TPSA) is 97.5 Å². The lowest BCUT2D eigenvalue weighted by Crippen LogP contribution is -2.42. The zero-order valence-corrected chi connectivity index (χ0v) is 11.4. The highest BCUT2D eigenvalue weighted by Crippen LogP contribution is 2.20. The van der Waals surface area contributed by atoms with Crippen molar-refractivity contribution in [1.82, 2.24) is 19.9 Å². The van der Waals surface area contributed by atoms with Crippen LogP contribution in [0, 0.1) is 0 Å². The van der Waals surface area contributed by atoms with Crippen LogP contribution in [0.3, 0.4) is 0 Å². The molecule has 110 valence electrons. The van der Waals surface area contributed by atoms with Crippen LogP contribution in [-0.2, 0) is 9.53 Å². The quantitative estimate of drug-likeness (QED) is 0.827. The zero-order chi connectivity index (χ0) is 14.5. The lowest BCUT2D eigenvalue weighted by atomic mass is 10.1. The number of likely N-dealkylation sites (tertiary alicyclic amines) is 1. The van der Waals surface area contributed by atoms with Crippen LogP contribution in [0.25, 0.3) is 0 Å². The average Bonchev–Trinajstić information content (AvgIpc) is 2.95. The maximum Gasteiger partial charge on any atom is 0.358 e. The van der Waals surface area contributed by atoms with Gasteiger partial charge in [-0.3, -0.25) is 4.79 Å². The summed E-state index contributed by atoms with van der Waals surface area (Å²) in [5.74, 6) is -1.15. The number of carboxylic acids is 1. The normalized spacial score (nSPS) is 19.1. The molecule has 20 heavy (non-hydrogen) atoms. The lowest BCUT2D eigenvalue weighted by Gasteiger charge is -2.32. The molecule has 1 aliphatic rings. The average molecular weight is 282 g/mol. The van der Waals surface area contributed by atoms with E-state index >= 15 is 0 Å². The number of piperidine rings is 1. The van der Waals surface area contributed by atoms with Crippen molar-refractivity contribution in [1.29, 1.82) is 0 Å². The maximum absolute atomic E-state index is 11.9. The van der Waals surface area contributed by atoms with Crippen LogP contribution in [0.2, 0.25) is 0 Å². The molecule has 0 saturated carbocycles. The minimum atomic E-state index is -1.10. The van der Waals surface area contributed by atoms with Gasteiger partial charge < -0.3 is 14.7 Å². The highest BCUT2D eigenvalue weighted by atomic mass is 16.5. The number of aromatic nitrogens is 3. The van der Waals surface area contributed by atoms with E-state index in [0.717, 1.165) is 12.8 Å². The van der Waals surface area contributed by atoms with Crippen LogP contribution in [0.1, 0.15) is 36.3 Å². The molecule has 1 aromatic rings. The number of aromatic carboxylic acids is 1. The Labute approximate surface area is 116 Å². The second kappa shape index (κ2) is 6.47. The molecule has 8 heteroatoms. The minimum Gasteiger partial charge on any atom is -0.476 e. The largest absolute Gasteiger partial charge is 0.476 e. The standard InChI is InChI=1S/C12H18N4O4/c1-2-20-8-11(17)15-5-3-4-9(6-15)16-7-10(12(18)19)13-14-16/h7,9H,2-6,8H2,1H3,(H,18,19). The van der Waals surface area contributed by atoms with Crippen molar-refractivity contribution in [3.8, 4) is 0 Å². The maximum atomic E-state index is 11.9. The summed E-state index contributed by atoms with van der Waals surface area (Å²) in [4.78, 5) is 24.4. The van der Waals surface area contributed by atoms with E-state index in [0.29, 0.717) is 19.7 Å². The Morgan fingerprint density at radius 2 is 2.35 bits per heavy atom. The van der Waals surface area contributed by atoms with Crippen LogP contribution < -0.4 is 0 Å². The number of rotatable bonds is 5. The first-order valence-corrected chi connectivity index (χ1v) is 6.62. The summed E-state index contributed by atoms with van der Waals surface area (Å²) >= 11 is 0. The van der Waals surface area contributed by atoms with Crippen LogP contribution in [-0.4, -0.2) is 63.2 Å². The first-order chi connectivity index (χ1) is 9.61. The smallest absolute Gasteiger partial charge is 0.358 e. The fraction of sp³-hybridized carbons (Fsp3) is 0.667. The summed E-state index contributed by atoms with van der Waals surface area (Å²) in [7, 11) is 0. The van der Waals surface area contributed by atoms with Crippen LogP contribution in [0.4, 0.5) is 0 Å². The molecule has 2 rings (SSSR count). The number of ether oxygens (including phenoxy) is 1. The van der Waals surface area contributed by atoms with Crippen molar-refractivity contribution in [3.63, 3.8) is 0 Å². The third-order valence-corrected chi connectivity index (χ3v) is 3.28. The van der Waals surface area contributed by atoms with Gasteiger partial charge in [0.2, 0.25) is 5.91 Å². The first-order valence-electron chi connectivity index (χ1n) is 6.62. The monoisotopic (exact) mass is 282 g/mol. The fourth-order valence-electron chi connectivity index (χ4n) is 2.23. The van der Waals surface area contributed by atoms with E-state index in [1.165, 1.54) is 10.9 Å². The predicted molar refractivity (Wildman–Crippen MR) is 68.3 cm³/mol. The van der Waals surface area contributed by atoms with Gasteiger partial charge in [-0.2, -0.15) is 0 Å². The number of carbonyl (C=O) groups is 2. The molecular formula is C12H18N4O4. The third-order valence-electron chi connectivity index (χ3n) is 3.28. The van der Waals surface area contributed by atoms with Gasteiger partial charge in [0.25, 0.3) is 0 Å². The molecule has 1 saturated heterocycles. The van der Waals surface area contributed by atoms with Gasteiger partial charge in [-0.25, -0.2) is 9.48 Å². The summed E-state index contributed by atoms with van der Waals surface area (Å²) in [5.41, 5.74) is -0.0808. The number of hydrogen-bond acceptors (Lipinski definition) is 5. The molecule has 8 nitrogen and oxygen atoms in total. The van der Waals surface area contributed by atoms with Gasteiger partial charge in [0.15, 0.2) is 5.69 Å². The Morgan fingerprint density at radius 3 is 3.00 bits per heavy atom. The van der Waals surface area contributed by atoms with Crippen molar-refractivity contribution in [2.45, 2.75) is 25.8 Å². The Balaban J connectivity index is 1.98. The second-order valence-electron chi connectivity index (χ2n) is 4.66. The molecule has 1 aromatic heterocycles. The van der Waals surface area contributed by atoms with Gasteiger partial charge in [-0.15, -0.1) is 5.10 Å². The van der Waals surface area contributed by atoms with E-state index in [9.17, 15) is 9.59 Å². The highest BCUT2D eigenvalue weighted by molar-refractivity contribution is 5.84. The summed E-state index contributed by atoms with van der Waals surface area (Å²) < 4.78 is 6.65. The van der Waals surface area contributed by atoms with E-state index in [-0.39, 0.29) is 24.2 Å². The van der Waals surface area contributed by atoms with Crippen LogP contribution >= 0.6 is 0 Å². The Morgan fingerprint density at radius 1 is 1.55 bits per heavy atom. The molecule has 1 N–H and O–H groups in total. The zero-order valence-electron chi connectivity index (χ0n) is 11.4. The summed E-state index contributed by atoms with van der Waals surface area (Å²) in [6.07, 6.45) is 3.11. The Bertz CT molecular complexity index is 488. The highest BCUT2D eigenvalue weighted by Gasteiger charge is 2.26. The number of carbonyl (C=O) groups excluding carboxylic acids is 1. The van der Waals surface area contributed by atoms with Crippen molar-refractivity contribution in [2.75, 3.05) is 26.3 Å². The van der Waals surface area contributed by atoms with Crippen LogP contribution in [0.15, 0.2) is 6.20 Å². The molecule has 1 aliphatic heterocycles. The SMILES string of the molecule is CCOCC(=O)N1CCCC(n2cc(C(=O)O)nn2)C1. The van der Waals surface area contributed by atoms with E-state index < -0.39 is 5.97 Å². The molecule has 1 atom stereocenters. The van der Waals surface area contributed by atoms with Gasteiger partial charge in [0.05, 0.1) is 12.2 Å². The van der Waals surface area contributed by atoms with Gasteiger partial charge in [0, 0.05) is 19.7 Å². The summed E-state index contributed by atoms with van der Waals surface area (Å²) in [5, 5.41) is 16.3. The lowest BCUT2D eigenvalue weighted by molar-refractivity contribution is -0.137. The van der Waals surface area contributed by atoms with Crippen LogP contribution in [0.5, 0.6) is 0 Å². The predicted octanol–water partition coefficient (Wildman–Crippen LogP) is 0.176. The van der Waals surface area contributed by atoms with Gasteiger partial charge >= 0.3 is 5.97 Å². The van der Waals surface area contributed by atoms with Crippen molar-refractivity contribution >= 4 is 11.9 Å². The molecule has 0 radical (unpaired) electrons. The molecule has 1 unspecified atom stereocenters. The first kappa shape index (κ1) is 14.4. The number of amides is 1. The van der Waals surface area contributed by atoms with Gasteiger partial charge in [-0.05, 0) is 19.8 Å². The van der Waals surface area contributed by atoms with Crippen molar-refractivity contribution in [2.24, 2.45) is 0 Å². The number of hydrogen-bond donors (Lipinski definition) is 1. The Hall–Kier alpha value is -1.96. The van der Waals surface area contributed by atoms with Crippen molar-refractivity contribution in [3.05, 3.63) is 11.9 Å². The van der Waals surface area contributed by atoms with Gasteiger partial charge in [0.1, 0.15) is 6.61 Å². The van der Waals surface area contributed by atoms with Crippen molar-refractivity contribution < 1.29 is 19.4 Å². The molecule has 0 aliphatic carbocycles. The second-order valence-corrected chi connectivity index (χ2v) is 4.66.